The van der Waals surface area contributed by atoms with Crippen LogP contribution in [-0.4, -0.2) is 32.1 Å². The van der Waals surface area contributed by atoms with Gasteiger partial charge in [-0.05, 0) is 75.4 Å². The van der Waals surface area contributed by atoms with E-state index < -0.39 is 0 Å². The lowest BCUT2D eigenvalue weighted by Gasteiger charge is -2.22. The highest BCUT2D eigenvalue weighted by atomic mass is 35.5. The lowest BCUT2D eigenvalue weighted by atomic mass is 9.96. The van der Waals surface area contributed by atoms with Gasteiger partial charge in [0, 0.05) is 6.54 Å². The fourth-order valence-electron chi connectivity index (χ4n) is 2.74. The van der Waals surface area contributed by atoms with Gasteiger partial charge in [0.1, 0.15) is 5.75 Å². The van der Waals surface area contributed by atoms with Gasteiger partial charge in [0.15, 0.2) is 0 Å². The van der Waals surface area contributed by atoms with Crippen molar-refractivity contribution in [1.29, 1.82) is 0 Å². The number of aryl methyl sites for hydroxylation is 2. The Morgan fingerprint density at radius 3 is 2.87 bits per heavy atom. The molecule has 5 heteroatoms. The second-order valence-electron chi connectivity index (χ2n) is 6.20. The molecule has 0 aliphatic carbocycles. The van der Waals surface area contributed by atoms with Crippen molar-refractivity contribution in [3.8, 4) is 5.75 Å². The molecule has 0 saturated carbocycles. The van der Waals surface area contributed by atoms with E-state index in [1.54, 1.807) is 0 Å². The average Bonchev–Trinajstić information content (AvgIpc) is 2.52. The van der Waals surface area contributed by atoms with E-state index in [2.05, 4.69) is 24.5 Å². The van der Waals surface area contributed by atoms with Gasteiger partial charge in [-0.2, -0.15) is 0 Å². The molecule has 0 spiro atoms. The number of amides is 1. The monoisotopic (exact) mass is 340 g/mol. The molecule has 2 rings (SSSR count). The minimum atomic E-state index is 0. The maximum atomic E-state index is 11.8. The van der Waals surface area contributed by atoms with Crippen LogP contribution in [0.5, 0.6) is 5.75 Å². The number of ether oxygens (including phenoxy) is 1. The summed E-state index contributed by atoms with van der Waals surface area (Å²) >= 11 is 0. The molecule has 0 bridgehead atoms. The Morgan fingerprint density at radius 2 is 2.17 bits per heavy atom. The summed E-state index contributed by atoms with van der Waals surface area (Å²) in [5.41, 5.74) is 2.46. The Balaban J connectivity index is 0.00000264. The van der Waals surface area contributed by atoms with Gasteiger partial charge >= 0.3 is 0 Å². The first-order valence-electron chi connectivity index (χ1n) is 8.32. The number of carbonyl (C=O) groups excluding carboxylic acids is 1. The van der Waals surface area contributed by atoms with Crippen LogP contribution in [0.2, 0.25) is 0 Å². The lowest BCUT2D eigenvalue weighted by Crippen LogP contribution is -2.33. The molecule has 0 radical (unpaired) electrons. The Morgan fingerprint density at radius 1 is 1.35 bits per heavy atom. The molecule has 130 valence electrons. The van der Waals surface area contributed by atoms with Gasteiger partial charge in [-0.3, -0.25) is 4.79 Å². The highest BCUT2D eigenvalue weighted by molar-refractivity contribution is 5.85. The number of nitrogens with one attached hydrogen (secondary N) is 2. The number of hydrogen-bond donors (Lipinski definition) is 2. The molecule has 1 saturated heterocycles. The summed E-state index contributed by atoms with van der Waals surface area (Å²) in [5, 5.41) is 6.39. The van der Waals surface area contributed by atoms with Crippen molar-refractivity contribution in [2.45, 2.75) is 39.5 Å². The quantitative estimate of drug-likeness (QED) is 0.802. The molecule has 1 aliphatic heterocycles. The number of benzene rings is 1. The van der Waals surface area contributed by atoms with E-state index in [4.69, 9.17) is 4.74 Å². The van der Waals surface area contributed by atoms with E-state index >= 15 is 0 Å². The molecule has 1 atom stereocenters. The van der Waals surface area contributed by atoms with Crippen LogP contribution in [0.4, 0.5) is 0 Å². The number of rotatable bonds is 7. The second-order valence-corrected chi connectivity index (χ2v) is 6.20. The molecule has 1 aliphatic rings. The molecular formula is C18H29ClN2O2. The Labute approximate surface area is 145 Å². The first-order chi connectivity index (χ1) is 10.6. The Hall–Kier alpha value is -1.26. The van der Waals surface area contributed by atoms with Crippen molar-refractivity contribution in [1.82, 2.24) is 10.6 Å². The third kappa shape index (κ3) is 7.23. The fourth-order valence-corrected chi connectivity index (χ4v) is 2.74. The third-order valence-corrected chi connectivity index (χ3v) is 4.35. The summed E-state index contributed by atoms with van der Waals surface area (Å²) in [6.07, 6.45) is 4.01. The van der Waals surface area contributed by atoms with E-state index in [9.17, 15) is 4.79 Å². The van der Waals surface area contributed by atoms with Gasteiger partial charge in [-0.25, -0.2) is 0 Å². The van der Waals surface area contributed by atoms with Crippen LogP contribution in [0.15, 0.2) is 18.2 Å². The van der Waals surface area contributed by atoms with Crippen molar-refractivity contribution in [2.24, 2.45) is 5.92 Å². The van der Waals surface area contributed by atoms with Crippen molar-refractivity contribution in [3.05, 3.63) is 29.3 Å². The smallest absolute Gasteiger partial charge is 0.223 e. The summed E-state index contributed by atoms with van der Waals surface area (Å²) in [7, 11) is 0. The molecule has 1 amide bonds. The number of carbonyl (C=O) groups is 1. The average molecular weight is 341 g/mol. The predicted molar refractivity (Wildman–Crippen MR) is 96.5 cm³/mol. The van der Waals surface area contributed by atoms with Gasteiger partial charge in [-0.1, -0.05) is 6.07 Å². The zero-order chi connectivity index (χ0) is 15.8. The lowest BCUT2D eigenvalue weighted by molar-refractivity contribution is -0.121. The molecule has 23 heavy (non-hydrogen) atoms. The topological polar surface area (TPSA) is 50.4 Å². The second kappa shape index (κ2) is 10.5. The van der Waals surface area contributed by atoms with Crippen LogP contribution in [0.3, 0.4) is 0 Å². The number of hydrogen-bond acceptors (Lipinski definition) is 3. The summed E-state index contributed by atoms with van der Waals surface area (Å²) in [5.74, 6) is 1.62. The zero-order valence-electron chi connectivity index (χ0n) is 14.2. The summed E-state index contributed by atoms with van der Waals surface area (Å²) in [6, 6.07) is 6.02. The molecule has 1 unspecified atom stereocenters. The van der Waals surface area contributed by atoms with Gasteiger partial charge in [0.05, 0.1) is 13.0 Å². The molecule has 1 fully saturated rings. The SMILES string of the molecule is Cc1ccc(OCCC(=O)NCCC2CCCNC2)cc1C.Cl. The molecule has 2 N–H and O–H groups in total. The normalized spacial score (nSPS) is 17.2. The van der Waals surface area contributed by atoms with Crippen molar-refractivity contribution in [2.75, 3.05) is 26.2 Å². The first-order valence-corrected chi connectivity index (χ1v) is 8.32. The van der Waals surface area contributed by atoms with Crippen LogP contribution in [0.25, 0.3) is 0 Å². The van der Waals surface area contributed by atoms with E-state index in [0.717, 1.165) is 31.8 Å². The molecular weight excluding hydrogens is 312 g/mol. The summed E-state index contributed by atoms with van der Waals surface area (Å²) in [6.45, 7) is 7.57. The minimum Gasteiger partial charge on any atom is -0.493 e. The van der Waals surface area contributed by atoms with Crippen molar-refractivity contribution >= 4 is 18.3 Å². The molecule has 4 nitrogen and oxygen atoms in total. The number of piperidine rings is 1. The Kier molecular flexibility index (Phi) is 9.03. The van der Waals surface area contributed by atoms with Crippen LogP contribution >= 0.6 is 12.4 Å². The van der Waals surface area contributed by atoms with E-state index in [0.29, 0.717) is 18.9 Å². The third-order valence-electron chi connectivity index (χ3n) is 4.35. The van der Waals surface area contributed by atoms with Crippen LogP contribution < -0.4 is 15.4 Å². The van der Waals surface area contributed by atoms with Crippen LogP contribution in [0, 0.1) is 19.8 Å². The molecule has 0 aromatic heterocycles. The van der Waals surface area contributed by atoms with Gasteiger partial charge in [-0.15, -0.1) is 12.4 Å². The molecule has 1 aromatic carbocycles. The first kappa shape index (κ1) is 19.8. The van der Waals surface area contributed by atoms with Crippen molar-refractivity contribution in [3.63, 3.8) is 0 Å². The van der Waals surface area contributed by atoms with Crippen LogP contribution in [0.1, 0.15) is 36.8 Å². The largest absolute Gasteiger partial charge is 0.493 e. The highest BCUT2D eigenvalue weighted by Gasteiger charge is 2.12. The van der Waals surface area contributed by atoms with E-state index in [-0.39, 0.29) is 18.3 Å². The van der Waals surface area contributed by atoms with Crippen molar-refractivity contribution < 1.29 is 9.53 Å². The van der Waals surface area contributed by atoms with Crippen LogP contribution in [-0.2, 0) is 4.79 Å². The maximum Gasteiger partial charge on any atom is 0.223 e. The highest BCUT2D eigenvalue weighted by Crippen LogP contribution is 2.16. The Bertz CT molecular complexity index is 488. The standard InChI is InChI=1S/C18H28N2O2.ClH/c1-14-5-6-17(12-15(14)2)22-11-8-18(21)20-10-7-16-4-3-9-19-13-16;/h5-6,12,16,19H,3-4,7-11,13H2,1-2H3,(H,20,21);1H. The minimum absolute atomic E-state index is 0. The van der Waals surface area contributed by atoms with E-state index in [1.165, 1.54) is 24.0 Å². The zero-order valence-corrected chi connectivity index (χ0v) is 15.0. The van der Waals surface area contributed by atoms with E-state index in [1.807, 2.05) is 18.2 Å². The van der Waals surface area contributed by atoms with Gasteiger partial charge in [0.25, 0.3) is 0 Å². The maximum absolute atomic E-state index is 11.8. The molecule has 1 aromatic rings. The number of halogens is 1. The predicted octanol–water partition coefficient (Wildman–Crippen LogP) is 3.00. The molecule has 1 heterocycles. The summed E-state index contributed by atoms with van der Waals surface area (Å²) in [4.78, 5) is 11.8. The van der Waals surface area contributed by atoms with Gasteiger partial charge in [0.2, 0.25) is 5.91 Å². The summed E-state index contributed by atoms with van der Waals surface area (Å²) < 4.78 is 5.64. The fraction of sp³-hybridized carbons (Fsp3) is 0.611. The van der Waals surface area contributed by atoms with Gasteiger partial charge < -0.3 is 15.4 Å².